The summed E-state index contributed by atoms with van der Waals surface area (Å²) in [4.78, 5) is 14.1. The molecule has 0 saturated carbocycles. The van der Waals surface area contributed by atoms with Gasteiger partial charge in [0.15, 0.2) is 0 Å². The molecule has 0 bridgehead atoms. The summed E-state index contributed by atoms with van der Waals surface area (Å²) in [5, 5.41) is 11.6. The third-order valence-corrected chi connectivity index (χ3v) is 3.44. The van der Waals surface area contributed by atoms with Crippen molar-refractivity contribution in [1.82, 2.24) is 4.90 Å². The molecule has 1 aromatic rings. The molecule has 0 aliphatic carbocycles. The Kier molecular flexibility index (Phi) is 7.79. The number of carbonyl (C=O) groups is 1. The molecule has 0 heterocycles. The molecule has 0 aliphatic heterocycles. The quantitative estimate of drug-likeness (QED) is 0.480. The molecule has 0 aromatic heterocycles. The molecule has 21 heavy (non-hydrogen) atoms. The maximum atomic E-state index is 11.9. The van der Waals surface area contributed by atoms with Crippen LogP contribution in [0.3, 0.4) is 0 Å². The van der Waals surface area contributed by atoms with Gasteiger partial charge in [-0.2, -0.15) is 0 Å². The van der Waals surface area contributed by atoms with Crippen LogP contribution in [0.4, 0.5) is 11.4 Å². The summed E-state index contributed by atoms with van der Waals surface area (Å²) in [6, 6.07) is 5.47. The lowest BCUT2D eigenvalue weighted by atomic mass is 10.1. The average molecular weight is 293 g/mol. The molecule has 5 nitrogen and oxygen atoms in total. The summed E-state index contributed by atoms with van der Waals surface area (Å²) < 4.78 is 0. The minimum atomic E-state index is 0.0186. The molecular formula is C16H27N3O2. The Labute approximate surface area is 127 Å². The lowest BCUT2D eigenvalue weighted by molar-refractivity contribution is -0.116. The van der Waals surface area contributed by atoms with Gasteiger partial charge in [-0.1, -0.05) is 0 Å². The van der Waals surface area contributed by atoms with E-state index in [0.717, 1.165) is 43.6 Å². The second kappa shape index (κ2) is 9.37. The number of rotatable bonds is 9. The topological polar surface area (TPSA) is 78.6 Å². The number of hydrogen-bond acceptors (Lipinski definition) is 4. The lowest BCUT2D eigenvalue weighted by Crippen LogP contribution is -2.25. The van der Waals surface area contributed by atoms with Gasteiger partial charge >= 0.3 is 0 Å². The second-order valence-electron chi connectivity index (χ2n) is 5.46. The van der Waals surface area contributed by atoms with Crippen molar-refractivity contribution < 1.29 is 9.90 Å². The minimum Gasteiger partial charge on any atom is -0.399 e. The van der Waals surface area contributed by atoms with Crippen LogP contribution in [0.5, 0.6) is 0 Å². The molecule has 0 unspecified atom stereocenters. The number of nitrogens with zero attached hydrogens (tertiary/aromatic N) is 1. The van der Waals surface area contributed by atoms with Gasteiger partial charge in [0, 0.05) is 30.9 Å². The van der Waals surface area contributed by atoms with Crippen molar-refractivity contribution in [3.05, 3.63) is 23.8 Å². The van der Waals surface area contributed by atoms with Gasteiger partial charge in [-0.25, -0.2) is 0 Å². The molecule has 0 aliphatic rings. The van der Waals surface area contributed by atoms with Crippen molar-refractivity contribution in [3.63, 3.8) is 0 Å². The molecule has 0 radical (unpaired) electrons. The molecule has 4 N–H and O–H groups in total. The number of unbranched alkanes of at least 4 members (excludes halogenated alkanes) is 2. The van der Waals surface area contributed by atoms with Crippen LogP contribution < -0.4 is 11.1 Å². The Hall–Kier alpha value is -1.59. The van der Waals surface area contributed by atoms with Crippen molar-refractivity contribution in [2.75, 3.05) is 37.8 Å². The summed E-state index contributed by atoms with van der Waals surface area (Å²) in [7, 11) is 2.01. The van der Waals surface area contributed by atoms with Gasteiger partial charge in [0.25, 0.3) is 0 Å². The molecule has 0 saturated heterocycles. The molecule has 0 spiro atoms. The standard InChI is InChI=1S/C16H27N3O2/c1-13-12-14(17)6-7-15(13)18-16(21)8-10-19(2)9-4-3-5-11-20/h6-7,12,20H,3-5,8-11,17H2,1-2H3,(H,18,21). The van der Waals surface area contributed by atoms with Gasteiger partial charge in [-0.05, 0) is 63.5 Å². The van der Waals surface area contributed by atoms with E-state index in [1.807, 2.05) is 26.1 Å². The highest BCUT2D eigenvalue weighted by atomic mass is 16.2. The third kappa shape index (κ3) is 7.11. The van der Waals surface area contributed by atoms with Crippen LogP contribution in [0.1, 0.15) is 31.2 Å². The van der Waals surface area contributed by atoms with E-state index < -0.39 is 0 Å². The minimum absolute atomic E-state index is 0.0186. The highest BCUT2D eigenvalue weighted by Gasteiger charge is 2.07. The first kappa shape index (κ1) is 17.5. The Morgan fingerprint density at radius 2 is 2.05 bits per heavy atom. The first-order valence-corrected chi connectivity index (χ1v) is 7.48. The van der Waals surface area contributed by atoms with Crippen LogP contribution in [0, 0.1) is 6.92 Å². The fourth-order valence-electron chi connectivity index (χ4n) is 2.11. The largest absolute Gasteiger partial charge is 0.399 e. The fourth-order valence-corrected chi connectivity index (χ4v) is 2.11. The van der Waals surface area contributed by atoms with Gasteiger partial charge in [-0.15, -0.1) is 0 Å². The van der Waals surface area contributed by atoms with Crippen molar-refractivity contribution in [2.24, 2.45) is 0 Å². The van der Waals surface area contributed by atoms with Gasteiger partial charge in [0.1, 0.15) is 0 Å². The molecule has 1 aromatic carbocycles. The number of anilines is 2. The van der Waals surface area contributed by atoms with E-state index in [9.17, 15) is 4.79 Å². The van der Waals surface area contributed by atoms with Crippen molar-refractivity contribution in [2.45, 2.75) is 32.6 Å². The third-order valence-electron chi connectivity index (χ3n) is 3.44. The van der Waals surface area contributed by atoms with Crippen LogP contribution in [-0.2, 0) is 4.79 Å². The molecule has 0 atom stereocenters. The predicted octanol–water partition coefficient (Wildman–Crippen LogP) is 2.00. The van der Waals surface area contributed by atoms with Gasteiger partial charge in [-0.3, -0.25) is 4.79 Å². The Balaban J connectivity index is 2.27. The van der Waals surface area contributed by atoms with Gasteiger partial charge < -0.3 is 21.1 Å². The number of nitrogens with two attached hydrogens (primary N) is 1. The monoisotopic (exact) mass is 293 g/mol. The maximum Gasteiger partial charge on any atom is 0.225 e. The number of aliphatic hydroxyl groups excluding tert-OH is 1. The second-order valence-corrected chi connectivity index (χ2v) is 5.46. The fraction of sp³-hybridized carbons (Fsp3) is 0.562. The summed E-state index contributed by atoms with van der Waals surface area (Å²) >= 11 is 0. The highest BCUT2D eigenvalue weighted by molar-refractivity contribution is 5.91. The molecule has 1 amide bonds. The molecule has 118 valence electrons. The van der Waals surface area contributed by atoms with Crippen LogP contribution in [0.2, 0.25) is 0 Å². The van der Waals surface area contributed by atoms with Gasteiger partial charge in [0.05, 0.1) is 0 Å². The van der Waals surface area contributed by atoms with E-state index in [0.29, 0.717) is 12.1 Å². The summed E-state index contributed by atoms with van der Waals surface area (Å²) in [6.07, 6.45) is 3.40. The number of hydrogen-bond donors (Lipinski definition) is 3. The predicted molar refractivity (Wildman–Crippen MR) is 87.3 cm³/mol. The number of amides is 1. The van der Waals surface area contributed by atoms with E-state index in [1.54, 1.807) is 6.07 Å². The highest BCUT2D eigenvalue weighted by Crippen LogP contribution is 2.17. The van der Waals surface area contributed by atoms with Crippen LogP contribution in [0.25, 0.3) is 0 Å². The van der Waals surface area contributed by atoms with Crippen molar-refractivity contribution >= 4 is 17.3 Å². The Morgan fingerprint density at radius 1 is 1.29 bits per heavy atom. The van der Waals surface area contributed by atoms with Crippen LogP contribution >= 0.6 is 0 Å². The lowest BCUT2D eigenvalue weighted by Gasteiger charge is -2.16. The average Bonchev–Trinajstić information content (AvgIpc) is 2.44. The molecule has 5 heteroatoms. The normalized spacial score (nSPS) is 10.9. The van der Waals surface area contributed by atoms with Crippen LogP contribution in [-0.4, -0.2) is 42.7 Å². The van der Waals surface area contributed by atoms with Gasteiger partial charge in [0.2, 0.25) is 5.91 Å². The molecular weight excluding hydrogens is 266 g/mol. The first-order valence-electron chi connectivity index (χ1n) is 7.48. The number of aryl methyl sites for hydroxylation is 1. The number of carbonyl (C=O) groups excluding carboxylic acids is 1. The summed E-state index contributed by atoms with van der Waals surface area (Å²) in [5.74, 6) is 0.0186. The SMILES string of the molecule is Cc1cc(N)ccc1NC(=O)CCN(C)CCCCCO. The zero-order chi connectivity index (χ0) is 15.7. The van der Waals surface area contributed by atoms with E-state index in [1.165, 1.54) is 0 Å². The summed E-state index contributed by atoms with van der Waals surface area (Å²) in [5.41, 5.74) is 8.18. The van der Waals surface area contributed by atoms with E-state index in [-0.39, 0.29) is 12.5 Å². The molecule has 1 rings (SSSR count). The summed E-state index contributed by atoms with van der Waals surface area (Å²) in [6.45, 7) is 3.87. The number of nitrogen functional groups attached to an aromatic ring is 1. The van der Waals surface area contributed by atoms with E-state index in [2.05, 4.69) is 10.2 Å². The van der Waals surface area contributed by atoms with E-state index in [4.69, 9.17) is 10.8 Å². The Bertz CT molecular complexity index is 449. The smallest absolute Gasteiger partial charge is 0.225 e. The van der Waals surface area contributed by atoms with Crippen LogP contribution in [0.15, 0.2) is 18.2 Å². The first-order chi connectivity index (χ1) is 10.0. The molecule has 0 fully saturated rings. The Morgan fingerprint density at radius 3 is 2.71 bits per heavy atom. The van der Waals surface area contributed by atoms with Crippen molar-refractivity contribution in [3.8, 4) is 0 Å². The van der Waals surface area contributed by atoms with Crippen molar-refractivity contribution in [1.29, 1.82) is 0 Å². The van der Waals surface area contributed by atoms with E-state index >= 15 is 0 Å². The zero-order valence-electron chi connectivity index (χ0n) is 13.1. The maximum absolute atomic E-state index is 11.9. The zero-order valence-corrected chi connectivity index (χ0v) is 13.1. The number of benzene rings is 1. The number of nitrogens with one attached hydrogen (secondary N) is 1. The number of aliphatic hydroxyl groups is 1.